The van der Waals surface area contributed by atoms with Crippen LogP contribution in [0.15, 0.2) is 66.0 Å². The minimum absolute atomic E-state index is 1.11. The molecule has 2 nitrogen and oxygen atoms in total. The highest BCUT2D eigenvalue weighted by atomic mass is 32.2. The molecule has 0 aliphatic carbocycles. The quantitative estimate of drug-likeness (QED) is 0.708. The van der Waals surface area contributed by atoms with Crippen molar-refractivity contribution in [2.75, 3.05) is 5.75 Å². The van der Waals surface area contributed by atoms with Gasteiger partial charge < -0.3 is 0 Å². The van der Waals surface area contributed by atoms with Crippen LogP contribution in [0.2, 0.25) is 0 Å². The molecule has 0 atom stereocenters. The normalized spacial score (nSPS) is 13.4. The predicted octanol–water partition coefficient (Wildman–Crippen LogP) is 3.74. The lowest BCUT2D eigenvalue weighted by molar-refractivity contribution is -0.722. The van der Waals surface area contributed by atoms with Gasteiger partial charge in [0.25, 0.3) is 0 Å². The van der Waals surface area contributed by atoms with E-state index in [1.165, 1.54) is 33.3 Å². The van der Waals surface area contributed by atoms with E-state index >= 15 is 0 Å². The molecule has 0 radical (unpaired) electrons. The molecule has 0 bridgehead atoms. The summed E-state index contributed by atoms with van der Waals surface area (Å²) in [5, 5.41) is 1.27. The Balaban J connectivity index is 1.67. The van der Waals surface area contributed by atoms with Crippen molar-refractivity contribution in [3.63, 3.8) is 0 Å². The number of hydrogen-bond acceptors (Lipinski definition) is 1. The number of aromatic amines is 1. The number of rotatable bonds is 2. The Morgan fingerprint density at radius 1 is 0.850 bits per heavy atom. The second-order valence-electron chi connectivity index (χ2n) is 4.96. The molecule has 0 saturated heterocycles. The van der Waals surface area contributed by atoms with E-state index in [1.54, 1.807) is 0 Å². The summed E-state index contributed by atoms with van der Waals surface area (Å²) in [6.07, 6.45) is 2.22. The molecule has 3 heteroatoms. The van der Waals surface area contributed by atoms with E-state index in [2.05, 4.69) is 64.3 Å². The molecule has 1 aliphatic rings. The van der Waals surface area contributed by atoms with Crippen molar-refractivity contribution < 1.29 is 4.57 Å². The SMILES string of the molecule is c1ccc(-c2ccc(-c3c[n+]4c([nH]3)SCC4)cc2)cc1. The molecule has 0 spiro atoms. The molecule has 98 valence electrons. The topological polar surface area (TPSA) is 19.7 Å². The monoisotopic (exact) mass is 279 g/mol. The van der Waals surface area contributed by atoms with Crippen LogP contribution in [0.3, 0.4) is 0 Å². The summed E-state index contributed by atoms with van der Waals surface area (Å²) in [4.78, 5) is 3.50. The molecule has 2 aromatic carbocycles. The Kier molecular flexibility index (Phi) is 2.85. The average molecular weight is 279 g/mol. The Labute approximate surface area is 122 Å². The summed E-state index contributed by atoms with van der Waals surface area (Å²) in [7, 11) is 0. The van der Waals surface area contributed by atoms with Crippen LogP contribution in [0.5, 0.6) is 0 Å². The molecule has 1 N–H and O–H groups in total. The lowest BCUT2D eigenvalue weighted by atomic mass is 10.0. The fourth-order valence-corrected chi connectivity index (χ4v) is 3.55. The van der Waals surface area contributed by atoms with Crippen molar-refractivity contribution in [1.82, 2.24) is 4.98 Å². The number of thioether (sulfide) groups is 1. The third kappa shape index (κ3) is 2.04. The standard InChI is InChI=1S/C17H14N2S/c1-2-4-13(5-3-1)14-6-8-15(9-7-14)16-12-19-10-11-20-17(19)18-16/h1-9,12H,10-11H2/p+1. The molecule has 2 heterocycles. The van der Waals surface area contributed by atoms with E-state index in [9.17, 15) is 0 Å². The first-order valence-corrected chi connectivity index (χ1v) is 7.80. The summed E-state index contributed by atoms with van der Waals surface area (Å²) in [5.41, 5.74) is 4.97. The molecule has 0 unspecified atom stereocenters. The van der Waals surface area contributed by atoms with Gasteiger partial charge in [0, 0.05) is 11.3 Å². The summed E-state index contributed by atoms with van der Waals surface area (Å²) in [6, 6.07) is 19.2. The van der Waals surface area contributed by atoms with Crippen molar-refractivity contribution in [3.05, 3.63) is 60.8 Å². The highest BCUT2D eigenvalue weighted by molar-refractivity contribution is 7.99. The number of fused-ring (bicyclic) bond motifs is 1. The van der Waals surface area contributed by atoms with Gasteiger partial charge in [0.1, 0.15) is 12.7 Å². The van der Waals surface area contributed by atoms with Crippen LogP contribution < -0.4 is 4.57 Å². The molecule has 1 aliphatic heterocycles. The largest absolute Gasteiger partial charge is 0.316 e. The first kappa shape index (κ1) is 11.8. The van der Waals surface area contributed by atoms with Crippen LogP contribution in [0, 0.1) is 0 Å². The molecule has 20 heavy (non-hydrogen) atoms. The van der Waals surface area contributed by atoms with Crippen molar-refractivity contribution in [2.45, 2.75) is 11.7 Å². The Hall–Kier alpha value is -2.00. The maximum atomic E-state index is 3.50. The van der Waals surface area contributed by atoms with E-state index in [0.29, 0.717) is 0 Å². The van der Waals surface area contributed by atoms with Gasteiger partial charge in [0.2, 0.25) is 0 Å². The first-order valence-electron chi connectivity index (χ1n) is 6.81. The number of H-pyrrole nitrogens is 1. The average Bonchev–Trinajstić information content (AvgIpc) is 3.10. The zero-order valence-electron chi connectivity index (χ0n) is 11.0. The van der Waals surface area contributed by atoms with E-state index < -0.39 is 0 Å². The third-order valence-electron chi connectivity index (χ3n) is 3.66. The molecule has 0 saturated carbocycles. The van der Waals surface area contributed by atoms with Crippen molar-refractivity contribution in [1.29, 1.82) is 0 Å². The summed E-state index contributed by atoms with van der Waals surface area (Å²) in [6.45, 7) is 1.11. The Morgan fingerprint density at radius 3 is 2.30 bits per heavy atom. The molecular formula is C17H15N2S+. The van der Waals surface area contributed by atoms with Crippen LogP contribution in [0.1, 0.15) is 0 Å². The smallest absolute Gasteiger partial charge is 0.231 e. The van der Waals surface area contributed by atoms with E-state index in [-0.39, 0.29) is 0 Å². The van der Waals surface area contributed by atoms with Crippen molar-refractivity contribution in [2.24, 2.45) is 0 Å². The highest BCUT2D eigenvalue weighted by Gasteiger charge is 2.22. The van der Waals surface area contributed by atoms with Gasteiger partial charge in [0.15, 0.2) is 5.69 Å². The zero-order valence-corrected chi connectivity index (χ0v) is 11.9. The lowest BCUT2D eigenvalue weighted by Gasteiger charge is -2.01. The predicted molar refractivity (Wildman–Crippen MR) is 82.6 cm³/mol. The van der Waals surface area contributed by atoms with Crippen LogP contribution >= 0.6 is 11.8 Å². The van der Waals surface area contributed by atoms with Gasteiger partial charge in [-0.2, -0.15) is 0 Å². The maximum Gasteiger partial charge on any atom is 0.316 e. The van der Waals surface area contributed by atoms with E-state index in [1.807, 2.05) is 17.8 Å². The van der Waals surface area contributed by atoms with Crippen LogP contribution in [0.4, 0.5) is 0 Å². The second-order valence-corrected chi connectivity index (χ2v) is 6.04. The number of aromatic nitrogens is 2. The maximum absolute atomic E-state index is 3.50. The van der Waals surface area contributed by atoms with Crippen LogP contribution in [-0.4, -0.2) is 10.7 Å². The van der Waals surface area contributed by atoms with Gasteiger partial charge in [-0.05, 0) is 35.0 Å². The zero-order chi connectivity index (χ0) is 13.4. The number of imidazole rings is 1. The van der Waals surface area contributed by atoms with Gasteiger partial charge in [-0.15, -0.1) is 0 Å². The first-order chi connectivity index (χ1) is 9.90. The van der Waals surface area contributed by atoms with Crippen molar-refractivity contribution >= 4 is 11.8 Å². The van der Waals surface area contributed by atoms with E-state index in [4.69, 9.17) is 0 Å². The molecule has 1 aromatic heterocycles. The molecule has 0 fully saturated rings. The fourth-order valence-electron chi connectivity index (χ4n) is 2.58. The van der Waals surface area contributed by atoms with Gasteiger partial charge in [-0.1, -0.05) is 42.5 Å². The molecule has 0 amide bonds. The second kappa shape index (κ2) is 4.84. The van der Waals surface area contributed by atoms with Crippen LogP contribution in [-0.2, 0) is 6.54 Å². The molecule has 4 rings (SSSR count). The van der Waals surface area contributed by atoms with Gasteiger partial charge in [-0.3, -0.25) is 0 Å². The molecular weight excluding hydrogens is 264 g/mol. The van der Waals surface area contributed by atoms with Gasteiger partial charge >= 0.3 is 5.16 Å². The summed E-state index contributed by atoms with van der Waals surface area (Å²) in [5.74, 6) is 1.18. The Bertz CT molecular complexity index is 708. The number of nitrogens with one attached hydrogen (secondary N) is 1. The third-order valence-corrected chi connectivity index (χ3v) is 4.66. The van der Waals surface area contributed by atoms with Crippen molar-refractivity contribution in [3.8, 4) is 22.4 Å². The van der Waals surface area contributed by atoms with E-state index in [0.717, 1.165) is 6.54 Å². The highest BCUT2D eigenvalue weighted by Crippen LogP contribution is 2.26. The number of nitrogens with zero attached hydrogens (tertiary/aromatic N) is 1. The summed E-state index contributed by atoms with van der Waals surface area (Å²) < 4.78 is 2.30. The number of hydrogen-bond donors (Lipinski definition) is 1. The molecule has 3 aromatic rings. The number of aryl methyl sites for hydroxylation is 1. The number of benzene rings is 2. The minimum atomic E-state index is 1.11. The lowest BCUT2D eigenvalue weighted by Crippen LogP contribution is -2.29. The van der Waals surface area contributed by atoms with Gasteiger partial charge in [-0.25, -0.2) is 9.55 Å². The van der Waals surface area contributed by atoms with Crippen LogP contribution in [0.25, 0.3) is 22.4 Å². The van der Waals surface area contributed by atoms with Gasteiger partial charge in [0.05, 0.1) is 0 Å². The summed E-state index contributed by atoms with van der Waals surface area (Å²) >= 11 is 1.89. The minimum Gasteiger partial charge on any atom is -0.231 e. The fraction of sp³-hybridized carbons (Fsp3) is 0.118. The Morgan fingerprint density at radius 2 is 1.55 bits per heavy atom.